The van der Waals surface area contributed by atoms with E-state index in [0.717, 1.165) is 11.6 Å². The third kappa shape index (κ3) is 1.67. The van der Waals surface area contributed by atoms with Crippen molar-refractivity contribution in [3.8, 4) is 0 Å². The van der Waals surface area contributed by atoms with Gasteiger partial charge in [0, 0.05) is 12.0 Å². The Labute approximate surface area is 90.9 Å². The van der Waals surface area contributed by atoms with Crippen molar-refractivity contribution >= 4 is 0 Å². The van der Waals surface area contributed by atoms with Crippen LogP contribution in [0.3, 0.4) is 0 Å². The first kappa shape index (κ1) is 10.6. The highest BCUT2D eigenvalue weighted by molar-refractivity contribution is 5.17. The molecule has 4 nitrogen and oxygen atoms in total. The van der Waals surface area contributed by atoms with Crippen LogP contribution in [-0.4, -0.2) is 14.8 Å². The average Bonchev–Trinajstić information content (AvgIpc) is 2.64. The number of nitrogens with zero attached hydrogens (tertiary/aromatic N) is 3. The number of aromatic nitrogens is 3. The highest BCUT2D eigenvalue weighted by Crippen LogP contribution is 2.58. The highest BCUT2D eigenvalue weighted by Gasteiger charge is 2.49. The Morgan fingerprint density at radius 1 is 1.47 bits per heavy atom. The average molecular weight is 208 g/mol. The SMILES string of the molecule is CC(C)n1c(CN)nnc1C1CC1(C)C. The summed E-state index contributed by atoms with van der Waals surface area (Å²) in [5.41, 5.74) is 6.06. The monoisotopic (exact) mass is 208 g/mol. The lowest BCUT2D eigenvalue weighted by molar-refractivity contribution is 0.521. The molecule has 2 rings (SSSR count). The molecule has 1 heterocycles. The molecule has 0 aliphatic heterocycles. The lowest BCUT2D eigenvalue weighted by Crippen LogP contribution is -2.13. The van der Waals surface area contributed by atoms with Crippen molar-refractivity contribution in [3.05, 3.63) is 11.6 Å². The fourth-order valence-corrected chi connectivity index (χ4v) is 2.18. The molecular formula is C11H20N4. The molecule has 1 aliphatic rings. The molecule has 84 valence electrons. The van der Waals surface area contributed by atoms with Gasteiger partial charge >= 0.3 is 0 Å². The van der Waals surface area contributed by atoms with Crippen molar-refractivity contribution in [2.75, 3.05) is 0 Å². The van der Waals surface area contributed by atoms with Crippen LogP contribution in [0.15, 0.2) is 0 Å². The molecule has 1 aromatic rings. The van der Waals surface area contributed by atoms with Crippen molar-refractivity contribution in [1.82, 2.24) is 14.8 Å². The summed E-state index contributed by atoms with van der Waals surface area (Å²) in [6, 6.07) is 0.393. The Morgan fingerprint density at radius 3 is 2.47 bits per heavy atom. The van der Waals surface area contributed by atoms with Crippen molar-refractivity contribution in [2.24, 2.45) is 11.1 Å². The fourth-order valence-electron chi connectivity index (χ4n) is 2.18. The maximum atomic E-state index is 5.67. The van der Waals surface area contributed by atoms with Crippen LogP contribution >= 0.6 is 0 Å². The Bertz CT molecular complexity index is 365. The second-order valence-corrected chi connectivity index (χ2v) is 5.39. The van der Waals surface area contributed by atoms with Crippen LogP contribution in [0, 0.1) is 5.41 Å². The van der Waals surface area contributed by atoms with Gasteiger partial charge in [0.2, 0.25) is 0 Å². The first-order valence-corrected chi connectivity index (χ1v) is 5.61. The van der Waals surface area contributed by atoms with Gasteiger partial charge in [0.05, 0.1) is 6.54 Å². The smallest absolute Gasteiger partial charge is 0.147 e. The third-order valence-corrected chi connectivity index (χ3v) is 3.32. The molecule has 1 saturated carbocycles. The standard InChI is InChI=1S/C11H20N4/c1-7(2)15-9(6-12)13-14-10(15)8-5-11(8,3)4/h7-8H,5-6,12H2,1-4H3. The maximum Gasteiger partial charge on any atom is 0.147 e. The van der Waals surface area contributed by atoms with Gasteiger partial charge in [0.15, 0.2) is 0 Å². The van der Waals surface area contributed by atoms with Gasteiger partial charge in [-0.25, -0.2) is 0 Å². The van der Waals surface area contributed by atoms with Gasteiger partial charge in [-0.2, -0.15) is 0 Å². The molecule has 0 radical (unpaired) electrons. The molecule has 0 amide bonds. The largest absolute Gasteiger partial charge is 0.324 e. The minimum Gasteiger partial charge on any atom is -0.324 e. The molecule has 0 saturated heterocycles. The molecule has 15 heavy (non-hydrogen) atoms. The number of hydrogen-bond acceptors (Lipinski definition) is 3. The lowest BCUT2D eigenvalue weighted by Gasteiger charge is -2.13. The quantitative estimate of drug-likeness (QED) is 0.824. The van der Waals surface area contributed by atoms with Crippen LogP contribution in [0.1, 0.15) is 57.7 Å². The molecule has 1 unspecified atom stereocenters. The summed E-state index contributed by atoms with van der Waals surface area (Å²) in [7, 11) is 0. The number of nitrogens with two attached hydrogens (primary N) is 1. The van der Waals surface area contributed by atoms with Gasteiger partial charge < -0.3 is 10.3 Å². The van der Waals surface area contributed by atoms with E-state index >= 15 is 0 Å². The van der Waals surface area contributed by atoms with Crippen LogP contribution < -0.4 is 5.73 Å². The minimum absolute atomic E-state index is 0.393. The van der Waals surface area contributed by atoms with Crippen LogP contribution in [0.5, 0.6) is 0 Å². The second-order valence-electron chi connectivity index (χ2n) is 5.39. The van der Waals surface area contributed by atoms with E-state index in [2.05, 4.69) is 42.5 Å². The molecular weight excluding hydrogens is 188 g/mol. The van der Waals surface area contributed by atoms with Gasteiger partial charge in [0.1, 0.15) is 11.6 Å². The Hall–Kier alpha value is -0.900. The topological polar surface area (TPSA) is 56.7 Å². The molecule has 1 aromatic heterocycles. The van der Waals surface area contributed by atoms with E-state index in [0.29, 0.717) is 23.9 Å². The van der Waals surface area contributed by atoms with E-state index in [9.17, 15) is 0 Å². The maximum absolute atomic E-state index is 5.67. The zero-order valence-electron chi connectivity index (χ0n) is 9.99. The molecule has 1 aliphatic carbocycles. The van der Waals surface area contributed by atoms with Crippen molar-refractivity contribution in [3.63, 3.8) is 0 Å². The van der Waals surface area contributed by atoms with Gasteiger partial charge in [-0.15, -0.1) is 10.2 Å². The van der Waals surface area contributed by atoms with E-state index in [1.54, 1.807) is 0 Å². The first-order chi connectivity index (χ1) is 6.97. The molecule has 4 heteroatoms. The highest BCUT2D eigenvalue weighted by atomic mass is 15.3. The second kappa shape index (κ2) is 3.30. The normalized spacial score (nSPS) is 23.5. The summed E-state index contributed by atoms with van der Waals surface area (Å²) in [5, 5.41) is 8.47. The molecule has 0 aromatic carbocycles. The zero-order chi connectivity index (χ0) is 11.2. The molecule has 0 bridgehead atoms. The van der Waals surface area contributed by atoms with E-state index < -0.39 is 0 Å². The van der Waals surface area contributed by atoms with Crippen LogP contribution in [-0.2, 0) is 6.54 Å². The predicted octanol–water partition coefficient (Wildman–Crippen LogP) is 1.83. The third-order valence-electron chi connectivity index (χ3n) is 3.32. The van der Waals surface area contributed by atoms with Crippen molar-refractivity contribution in [1.29, 1.82) is 0 Å². The molecule has 1 atom stereocenters. The van der Waals surface area contributed by atoms with E-state index in [1.807, 2.05) is 0 Å². The Kier molecular flexibility index (Phi) is 2.34. The number of rotatable bonds is 3. The zero-order valence-corrected chi connectivity index (χ0v) is 9.99. The predicted molar refractivity (Wildman–Crippen MR) is 59.4 cm³/mol. The summed E-state index contributed by atoms with van der Waals surface area (Å²) in [4.78, 5) is 0. The van der Waals surface area contributed by atoms with E-state index in [1.165, 1.54) is 6.42 Å². The van der Waals surface area contributed by atoms with Crippen molar-refractivity contribution < 1.29 is 0 Å². The van der Waals surface area contributed by atoms with Crippen LogP contribution in [0.4, 0.5) is 0 Å². The summed E-state index contributed by atoms with van der Waals surface area (Å²) in [6.45, 7) is 9.33. The summed E-state index contributed by atoms with van der Waals surface area (Å²) in [5.74, 6) is 2.59. The lowest BCUT2D eigenvalue weighted by atomic mass is 10.1. The van der Waals surface area contributed by atoms with Gasteiger partial charge in [-0.3, -0.25) is 0 Å². The van der Waals surface area contributed by atoms with E-state index in [-0.39, 0.29) is 0 Å². The minimum atomic E-state index is 0.393. The first-order valence-electron chi connectivity index (χ1n) is 5.61. The van der Waals surface area contributed by atoms with Crippen molar-refractivity contribution in [2.45, 2.75) is 52.6 Å². The van der Waals surface area contributed by atoms with Gasteiger partial charge in [-0.1, -0.05) is 13.8 Å². The summed E-state index contributed by atoms with van der Waals surface area (Å²) in [6.07, 6.45) is 1.21. The molecule has 2 N–H and O–H groups in total. The summed E-state index contributed by atoms with van der Waals surface area (Å²) >= 11 is 0. The van der Waals surface area contributed by atoms with E-state index in [4.69, 9.17) is 5.73 Å². The van der Waals surface area contributed by atoms with Gasteiger partial charge in [-0.05, 0) is 25.7 Å². The Balaban J connectivity index is 2.36. The van der Waals surface area contributed by atoms with Gasteiger partial charge in [0.25, 0.3) is 0 Å². The summed E-state index contributed by atoms with van der Waals surface area (Å²) < 4.78 is 2.19. The molecule has 0 spiro atoms. The van der Waals surface area contributed by atoms with Crippen LogP contribution in [0.2, 0.25) is 0 Å². The fraction of sp³-hybridized carbons (Fsp3) is 0.818. The van der Waals surface area contributed by atoms with Crippen LogP contribution in [0.25, 0.3) is 0 Å². The Morgan fingerprint density at radius 2 is 2.07 bits per heavy atom. The molecule has 1 fully saturated rings. The number of hydrogen-bond donors (Lipinski definition) is 1.